The van der Waals surface area contributed by atoms with Crippen LogP contribution in [0.15, 0.2) is 6.07 Å². The van der Waals surface area contributed by atoms with E-state index in [1.54, 1.807) is 0 Å². The molecule has 5 heteroatoms. The summed E-state index contributed by atoms with van der Waals surface area (Å²) in [4.78, 5) is 11.0. The molecule has 82 valence electrons. The van der Waals surface area contributed by atoms with Crippen LogP contribution in [0.4, 0.5) is 11.6 Å². The summed E-state index contributed by atoms with van der Waals surface area (Å²) in [6.07, 6.45) is 2.40. The number of hydrazine groups is 1. The first-order valence-corrected chi connectivity index (χ1v) is 5.31. The molecule has 2 rings (SSSR count). The fraction of sp³-hybridized carbons (Fsp3) is 0.600. The van der Waals surface area contributed by atoms with E-state index in [1.807, 2.05) is 13.1 Å². The van der Waals surface area contributed by atoms with Crippen molar-refractivity contribution in [1.82, 2.24) is 9.97 Å². The second-order valence-corrected chi connectivity index (χ2v) is 3.90. The van der Waals surface area contributed by atoms with Crippen LogP contribution in [0.25, 0.3) is 0 Å². The highest BCUT2D eigenvalue weighted by Gasteiger charge is 2.27. The molecule has 0 aliphatic heterocycles. The van der Waals surface area contributed by atoms with Crippen molar-refractivity contribution >= 4 is 11.6 Å². The number of aromatic nitrogens is 2. The molecule has 0 bridgehead atoms. The molecule has 0 amide bonds. The molecule has 5 nitrogen and oxygen atoms in total. The van der Waals surface area contributed by atoms with Gasteiger partial charge >= 0.3 is 0 Å². The number of nitrogens with two attached hydrogens (primary N) is 1. The molecule has 1 aliphatic rings. The standard InChI is InChI=1S/C10H17N5/c1-3-15(2)9-6-8(14-11)12-10(13-9)7-4-5-7/h6-7H,3-5,11H2,1-2H3,(H,12,13,14). The molecule has 1 aromatic heterocycles. The van der Waals surface area contributed by atoms with E-state index < -0.39 is 0 Å². The van der Waals surface area contributed by atoms with Crippen molar-refractivity contribution in [3.63, 3.8) is 0 Å². The molecule has 0 aromatic carbocycles. The van der Waals surface area contributed by atoms with Gasteiger partial charge in [0.05, 0.1) is 0 Å². The molecule has 1 aliphatic carbocycles. The summed E-state index contributed by atoms with van der Waals surface area (Å²) in [5, 5.41) is 0. The number of anilines is 2. The Kier molecular flexibility index (Phi) is 2.73. The third-order valence-corrected chi connectivity index (χ3v) is 2.69. The molecule has 0 atom stereocenters. The molecule has 0 radical (unpaired) electrons. The highest BCUT2D eigenvalue weighted by molar-refractivity contribution is 5.48. The average molecular weight is 207 g/mol. The first-order valence-electron chi connectivity index (χ1n) is 5.31. The van der Waals surface area contributed by atoms with Crippen LogP contribution in [-0.4, -0.2) is 23.6 Å². The van der Waals surface area contributed by atoms with Gasteiger partial charge in [0.15, 0.2) is 0 Å². The van der Waals surface area contributed by atoms with E-state index >= 15 is 0 Å². The van der Waals surface area contributed by atoms with Gasteiger partial charge in [-0.25, -0.2) is 15.8 Å². The lowest BCUT2D eigenvalue weighted by Gasteiger charge is -2.17. The van der Waals surface area contributed by atoms with Gasteiger partial charge in [0.1, 0.15) is 17.5 Å². The van der Waals surface area contributed by atoms with Gasteiger partial charge in [-0.2, -0.15) is 0 Å². The van der Waals surface area contributed by atoms with Gasteiger partial charge in [-0.15, -0.1) is 0 Å². The molecular weight excluding hydrogens is 190 g/mol. The first kappa shape index (κ1) is 10.2. The first-order chi connectivity index (χ1) is 7.24. The highest BCUT2D eigenvalue weighted by Crippen LogP contribution is 2.38. The zero-order chi connectivity index (χ0) is 10.8. The van der Waals surface area contributed by atoms with Gasteiger partial charge in [0, 0.05) is 25.6 Å². The van der Waals surface area contributed by atoms with E-state index in [4.69, 9.17) is 5.84 Å². The topological polar surface area (TPSA) is 67.1 Å². The number of hydrogen-bond donors (Lipinski definition) is 2. The Labute approximate surface area is 89.7 Å². The Morgan fingerprint density at radius 3 is 2.80 bits per heavy atom. The van der Waals surface area contributed by atoms with Crippen molar-refractivity contribution < 1.29 is 0 Å². The predicted octanol–water partition coefficient (Wildman–Crippen LogP) is 1.10. The van der Waals surface area contributed by atoms with Crippen LogP contribution in [0, 0.1) is 0 Å². The van der Waals surface area contributed by atoms with Gasteiger partial charge in [0.2, 0.25) is 0 Å². The lowest BCUT2D eigenvalue weighted by molar-refractivity contribution is 0.874. The fourth-order valence-corrected chi connectivity index (χ4v) is 1.41. The highest BCUT2D eigenvalue weighted by atomic mass is 15.3. The number of rotatable bonds is 4. The smallest absolute Gasteiger partial charge is 0.145 e. The van der Waals surface area contributed by atoms with Crippen molar-refractivity contribution in [2.24, 2.45) is 5.84 Å². The largest absolute Gasteiger partial charge is 0.360 e. The van der Waals surface area contributed by atoms with Crippen LogP contribution in [0.5, 0.6) is 0 Å². The minimum atomic E-state index is 0.544. The SMILES string of the molecule is CCN(C)c1cc(NN)nc(C2CC2)n1. The van der Waals surface area contributed by atoms with Crippen LogP contribution in [0.3, 0.4) is 0 Å². The number of nitrogens with zero attached hydrogens (tertiary/aromatic N) is 3. The third kappa shape index (κ3) is 2.18. The molecule has 0 spiro atoms. The average Bonchev–Trinajstić information content (AvgIpc) is 3.11. The normalized spacial score (nSPS) is 15.1. The molecular formula is C10H17N5. The summed E-state index contributed by atoms with van der Waals surface area (Å²) < 4.78 is 0. The van der Waals surface area contributed by atoms with Gasteiger partial charge in [0.25, 0.3) is 0 Å². The van der Waals surface area contributed by atoms with E-state index in [9.17, 15) is 0 Å². The quantitative estimate of drug-likeness (QED) is 0.571. The maximum Gasteiger partial charge on any atom is 0.145 e. The van der Waals surface area contributed by atoms with Crippen LogP contribution >= 0.6 is 0 Å². The predicted molar refractivity (Wildman–Crippen MR) is 60.8 cm³/mol. The Bertz CT molecular complexity index is 348. The zero-order valence-electron chi connectivity index (χ0n) is 9.20. The summed E-state index contributed by atoms with van der Waals surface area (Å²) in [5.74, 6) is 8.48. The van der Waals surface area contributed by atoms with Crippen molar-refractivity contribution in [1.29, 1.82) is 0 Å². The zero-order valence-corrected chi connectivity index (χ0v) is 9.20. The van der Waals surface area contributed by atoms with E-state index in [0.717, 1.165) is 18.2 Å². The lowest BCUT2D eigenvalue weighted by Crippen LogP contribution is -2.19. The molecule has 1 heterocycles. The summed E-state index contributed by atoms with van der Waals surface area (Å²) in [7, 11) is 2.01. The van der Waals surface area contributed by atoms with Crippen molar-refractivity contribution in [2.45, 2.75) is 25.7 Å². The molecule has 15 heavy (non-hydrogen) atoms. The number of nitrogen functional groups attached to an aromatic ring is 1. The van der Waals surface area contributed by atoms with Crippen LogP contribution in [0.1, 0.15) is 31.5 Å². The Hall–Kier alpha value is -1.36. The van der Waals surface area contributed by atoms with E-state index in [-0.39, 0.29) is 0 Å². The third-order valence-electron chi connectivity index (χ3n) is 2.69. The Morgan fingerprint density at radius 2 is 2.27 bits per heavy atom. The minimum absolute atomic E-state index is 0.544. The van der Waals surface area contributed by atoms with E-state index in [1.165, 1.54) is 12.8 Å². The second-order valence-electron chi connectivity index (χ2n) is 3.90. The van der Waals surface area contributed by atoms with Gasteiger partial charge in [-0.3, -0.25) is 0 Å². The number of hydrogen-bond acceptors (Lipinski definition) is 5. The van der Waals surface area contributed by atoms with Crippen molar-refractivity contribution in [3.05, 3.63) is 11.9 Å². The number of nitrogens with one attached hydrogen (secondary N) is 1. The van der Waals surface area contributed by atoms with Crippen LogP contribution in [0.2, 0.25) is 0 Å². The van der Waals surface area contributed by atoms with E-state index in [0.29, 0.717) is 11.7 Å². The second kappa shape index (κ2) is 4.02. The van der Waals surface area contributed by atoms with Crippen LogP contribution < -0.4 is 16.2 Å². The molecule has 1 saturated carbocycles. The molecule has 3 N–H and O–H groups in total. The van der Waals surface area contributed by atoms with Gasteiger partial charge in [-0.05, 0) is 19.8 Å². The van der Waals surface area contributed by atoms with Gasteiger partial charge in [-0.1, -0.05) is 0 Å². The van der Waals surface area contributed by atoms with Crippen molar-refractivity contribution in [2.75, 3.05) is 23.9 Å². The van der Waals surface area contributed by atoms with Crippen LogP contribution in [-0.2, 0) is 0 Å². The minimum Gasteiger partial charge on any atom is -0.360 e. The summed E-state index contributed by atoms with van der Waals surface area (Å²) in [5.41, 5.74) is 2.59. The lowest BCUT2D eigenvalue weighted by atomic mass is 10.3. The fourth-order valence-electron chi connectivity index (χ4n) is 1.41. The summed E-state index contributed by atoms with van der Waals surface area (Å²) in [6, 6.07) is 1.87. The van der Waals surface area contributed by atoms with Gasteiger partial charge < -0.3 is 10.3 Å². The Morgan fingerprint density at radius 1 is 1.53 bits per heavy atom. The molecule has 0 unspecified atom stereocenters. The maximum absolute atomic E-state index is 5.39. The monoisotopic (exact) mass is 207 g/mol. The molecule has 1 aromatic rings. The van der Waals surface area contributed by atoms with Crippen molar-refractivity contribution in [3.8, 4) is 0 Å². The van der Waals surface area contributed by atoms with E-state index in [2.05, 4.69) is 27.2 Å². The molecule has 1 fully saturated rings. The Balaban J connectivity index is 2.32. The maximum atomic E-state index is 5.39. The summed E-state index contributed by atoms with van der Waals surface area (Å²) >= 11 is 0. The summed E-state index contributed by atoms with van der Waals surface area (Å²) in [6.45, 7) is 3.01. The molecule has 0 saturated heterocycles.